The van der Waals surface area contributed by atoms with E-state index in [1.807, 2.05) is 30.9 Å². The Morgan fingerprint density at radius 1 is 1.10 bits per heavy atom. The van der Waals surface area contributed by atoms with Crippen LogP contribution >= 0.6 is 0 Å². The first-order valence-electron chi connectivity index (χ1n) is 11.0. The quantitative estimate of drug-likeness (QED) is 0.544. The Hall–Kier alpha value is -3.06. The van der Waals surface area contributed by atoms with Crippen molar-refractivity contribution in [2.75, 3.05) is 13.1 Å². The lowest BCUT2D eigenvalue weighted by Gasteiger charge is -2.31. The van der Waals surface area contributed by atoms with Crippen LogP contribution in [0.3, 0.4) is 0 Å². The van der Waals surface area contributed by atoms with Gasteiger partial charge in [0.15, 0.2) is 5.65 Å². The molecule has 4 aromatic heterocycles. The summed E-state index contributed by atoms with van der Waals surface area (Å²) in [4.78, 5) is 11.7. The Kier molecular flexibility index (Phi) is 5.06. The van der Waals surface area contributed by atoms with Gasteiger partial charge in [0.05, 0.1) is 17.1 Å². The number of pyridine rings is 2. The number of rotatable bonds is 4. The van der Waals surface area contributed by atoms with E-state index < -0.39 is 0 Å². The van der Waals surface area contributed by atoms with Gasteiger partial charge in [-0.3, -0.25) is 14.7 Å². The molecule has 0 bridgehead atoms. The Morgan fingerprint density at radius 2 is 1.90 bits per heavy atom. The van der Waals surface area contributed by atoms with Crippen molar-refractivity contribution in [3.63, 3.8) is 0 Å². The molecule has 1 fully saturated rings. The van der Waals surface area contributed by atoms with Crippen LogP contribution in [0.4, 0.5) is 0 Å². The maximum absolute atomic E-state index is 4.79. The summed E-state index contributed by atoms with van der Waals surface area (Å²) < 4.78 is 1.93. The Labute approximate surface area is 182 Å². The molecule has 1 aliphatic rings. The van der Waals surface area contributed by atoms with Gasteiger partial charge in [0, 0.05) is 48.0 Å². The normalized spacial score (nSPS) is 15.7. The second-order valence-electron chi connectivity index (χ2n) is 8.73. The topological polar surface area (TPSA) is 75.5 Å². The Bertz CT molecular complexity index is 1230. The van der Waals surface area contributed by atoms with Gasteiger partial charge in [-0.05, 0) is 76.5 Å². The number of aromatic amines is 1. The molecule has 31 heavy (non-hydrogen) atoms. The Morgan fingerprint density at radius 3 is 2.65 bits per heavy atom. The van der Waals surface area contributed by atoms with Crippen LogP contribution in [0.15, 0.2) is 30.5 Å². The molecular weight excluding hydrogens is 386 g/mol. The van der Waals surface area contributed by atoms with E-state index >= 15 is 0 Å². The number of H-pyrrole nitrogens is 1. The molecule has 0 atom stereocenters. The number of nitrogens with zero attached hydrogens (tertiary/aromatic N) is 6. The predicted molar refractivity (Wildman–Crippen MR) is 122 cm³/mol. The van der Waals surface area contributed by atoms with E-state index in [0.717, 1.165) is 71.8 Å². The summed E-state index contributed by atoms with van der Waals surface area (Å²) >= 11 is 0. The van der Waals surface area contributed by atoms with Crippen molar-refractivity contribution in [3.8, 4) is 11.3 Å². The first-order valence-corrected chi connectivity index (χ1v) is 11.0. The van der Waals surface area contributed by atoms with Gasteiger partial charge < -0.3 is 0 Å². The SMILES string of the molecule is Cc1nn(C)c(C)c1-c1cc(C2CCN(Cc3ccc4c(C)ccnc4n3)CC2)[nH]n1. The van der Waals surface area contributed by atoms with Gasteiger partial charge >= 0.3 is 0 Å². The van der Waals surface area contributed by atoms with Gasteiger partial charge in [0.1, 0.15) is 0 Å². The van der Waals surface area contributed by atoms with Gasteiger partial charge in [-0.1, -0.05) is 0 Å². The summed E-state index contributed by atoms with van der Waals surface area (Å²) in [7, 11) is 1.98. The molecule has 7 nitrogen and oxygen atoms in total. The van der Waals surface area contributed by atoms with Crippen molar-refractivity contribution < 1.29 is 0 Å². The molecule has 0 aliphatic carbocycles. The fraction of sp³-hybridized carbons (Fsp3) is 0.417. The number of hydrogen-bond donors (Lipinski definition) is 1. The molecule has 1 aliphatic heterocycles. The molecule has 5 heterocycles. The molecule has 1 N–H and O–H groups in total. The number of nitrogens with one attached hydrogen (secondary N) is 1. The molecule has 4 aromatic rings. The number of aryl methyl sites for hydroxylation is 3. The van der Waals surface area contributed by atoms with Crippen molar-refractivity contribution in [2.45, 2.75) is 46.1 Å². The minimum absolute atomic E-state index is 0.517. The van der Waals surface area contributed by atoms with Crippen molar-refractivity contribution in [3.05, 3.63) is 58.8 Å². The van der Waals surface area contributed by atoms with E-state index in [2.05, 4.69) is 57.2 Å². The molecule has 0 unspecified atom stereocenters. The Balaban J connectivity index is 1.24. The van der Waals surface area contributed by atoms with E-state index in [4.69, 9.17) is 4.98 Å². The number of piperidine rings is 1. The smallest absolute Gasteiger partial charge is 0.159 e. The number of fused-ring (bicyclic) bond motifs is 1. The van der Waals surface area contributed by atoms with Crippen LogP contribution in [0.5, 0.6) is 0 Å². The first-order chi connectivity index (χ1) is 15.0. The summed E-state index contributed by atoms with van der Waals surface area (Å²) in [6.07, 6.45) is 4.09. The summed E-state index contributed by atoms with van der Waals surface area (Å²) in [5, 5.41) is 13.6. The number of likely N-dealkylation sites (tertiary alicyclic amines) is 1. The van der Waals surface area contributed by atoms with Gasteiger partial charge in [0.25, 0.3) is 0 Å². The van der Waals surface area contributed by atoms with E-state index in [9.17, 15) is 0 Å². The van der Waals surface area contributed by atoms with E-state index in [0.29, 0.717) is 5.92 Å². The minimum atomic E-state index is 0.517. The van der Waals surface area contributed by atoms with Crippen molar-refractivity contribution in [1.82, 2.24) is 34.8 Å². The van der Waals surface area contributed by atoms with E-state index in [1.54, 1.807) is 0 Å². The molecule has 0 amide bonds. The minimum Gasteiger partial charge on any atom is -0.297 e. The number of hydrogen-bond acceptors (Lipinski definition) is 5. The molecule has 160 valence electrons. The van der Waals surface area contributed by atoms with Crippen LogP contribution in [-0.4, -0.2) is 47.9 Å². The number of aromatic nitrogens is 6. The van der Waals surface area contributed by atoms with Crippen molar-refractivity contribution in [2.24, 2.45) is 7.05 Å². The summed E-state index contributed by atoms with van der Waals surface area (Å²) in [6, 6.07) is 8.55. The highest BCUT2D eigenvalue weighted by Crippen LogP contribution is 2.31. The maximum Gasteiger partial charge on any atom is 0.159 e. The second-order valence-corrected chi connectivity index (χ2v) is 8.73. The zero-order chi connectivity index (χ0) is 21.5. The van der Waals surface area contributed by atoms with Gasteiger partial charge in [-0.15, -0.1) is 0 Å². The van der Waals surface area contributed by atoms with Crippen LogP contribution in [-0.2, 0) is 13.6 Å². The highest BCUT2D eigenvalue weighted by atomic mass is 15.3. The third-order valence-corrected chi connectivity index (χ3v) is 6.65. The fourth-order valence-electron chi connectivity index (χ4n) is 4.74. The molecule has 7 heteroatoms. The fourth-order valence-corrected chi connectivity index (χ4v) is 4.74. The van der Waals surface area contributed by atoms with Gasteiger partial charge in [0.2, 0.25) is 0 Å². The average Bonchev–Trinajstić information content (AvgIpc) is 3.33. The van der Waals surface area contributed by atoms with Crippen LogP contribution in [0.2, 0.25) is 0 Å². The first kappa shape index (κ1) is 19.9. The zero-order valence-corrected chi connectivity index (χ0v) is 18.7. The predicted octanol–water partition coefficient (Wildman–Crippen LogP) is 4.06. The second kappa shape index (κ2) is 7.89. The van der Waals surface area contributed by atoms with Crippen LogP contribution in [0.25, 0.3) is 22.3 Å². The lowest BCUT2D eigenvalue weighted by molar-refractivity contribution is 0.201. The molecular formula is C24H29N7. The molecule has 0 radical (unpaired) electrons. The largest absolute Gasteiger partial charge is 0.297 e. The van der Waals surface area contributed by atoms with Crippen LogP contribution in [0, 0.1) is 20.8 Å². The molecule has 1 saturated heterocycles. The van der Waals surface area contributed by atoms with Gasteiger partial charge in [-0.25, -0.2) is 9.97 Å². The monoisotopic (exact) mass is 415 g/mol. The summed E-state index contributed by atoms with van der Waals surface area (Å²) in [6.45, 7) is 9.25. The summed E-state index contributed by atoms with van der Waals surface area (Å²) in [5.74, 6) is 0.517. The van der Waals surface area contributed by atoms with Gasteiger partial charge in [-0.2, -0.15) is 10.2 Å². The van der Waals surface area contributed by atoms with Crippen LogP contribution < -0.4 is 0 Å². The third-order valence-electron chi connectivity index (χ3n) is 6.65. The van der Waals surface area contributed by atoms with Crippen LogP contribution in [0.1, 0.15) is 47.1 Å². The maximum atomic E-state index is 4.79. The summed E-state index contributed by atoms with van der Waals surface area (Å²) in [5.41, 5.74) is 8.73. The lowest BCUT2D eigenvalue weighted by atomic mass is 9.93. The highest BCUT2D eigenvalue weighted by molar-refractivity contribution is 5.78. The molecule has 0 aromatic carbocycles. The molecule has 5 rings (SSSR count). The third kappa shape index (κ3) is 3.74. The standard InChI is InChI=1S/C24H29N7/c1-15-7-10-25-24-20(15)6-5-19(26-24)14-31-11-8-18(9-12-31)21-13-22(28-27-21)23-16(2)29-30(4)17(23)3/h5-7,10,13,18H,8-9,11-12,14H2,1-4H3,(H,27,28). The highest BCUT2D eigenvalue weighted by Gasteiger charge is 2.24. The zero-order valence-electron chi connectivity index (χ0n) is 18.7. The van der Waals surface area contributed by atoms with Crippen molar-refractivity contribution >= 4 is 11.0 Å². The van der Waals surface area contributed by atoms with E-state index in [1.165, 1.54) is 11.3 Å². The lowest BCUT2D eigenvalue weighted by Crippen LogP contribution is -2.32. The average molecular weight is 416 g/mol. The van der Waals surface area contributed by atoms with Crippen molar-refractivity contribution in [1.29, 1.82) is 0 Å². The molecule has 0 spiro atoms. The van der Waals surface area contributed by atoms with E-state index in [-0.39, 0.29) is 0 Å². The molecule has 0 saturated carbocycles.